The van der Waals surface area contributed by atoms with Crippen molar-refractivity contribution in [1.29, 1.82) is 0 Å². The number of benzene rings is 1. The molecule has 0 heterocycles. The predicted molar refractivity (Wildman–Crippen MR) is 51.6 cm³/mol. The molecule has 14 heavy (non-hydrogen) atoms. The van der Waals surface area contributed by atoms with Gasteiger partial charge in [0.1, 0.15) is 0 Å². The Bertz CT molecular complexity index is 372. The maximum Gasteiger partial charge on any atom is 0.436 e. The molecule has 5 nitrogen and oxygen atoms in total. The van der Waals surface area contributed by atoms with Crippen LogP contribution >= 0.6 is 7.75 Å². The SMILES string of the molecule is CC(=O)N(c1ccccc1)P(=O)(O)O. The smallest absolute Gasteiger partial charge is 0.308 e. The number of amides is 1. The van der Waals surface area contributed by atoms with E-state index in [0.717, 1.165) is 6.92 Å². The van der Waals surface area contributed by atoms with Gasteiger partial charge in [0.05, 0.1) is 5.69 Å². The van der Waals surface area contributed by atoms with Crippen LogP contribution < -0.4 is 4.67 Å². The summed E-state index contributed by atoms with van der Waals surface area (Å²) < 4.78 is 11.4. The molecule has 0 saturated carbocycles. The summed E-state index contributed by atoms with van der Waals surface area (Å²) in [6.45, 7) is 1.10. The van der Waals surface area contributed by atoms with Gasteiger partial charge in [-0.1, -0.05) is 18.2 Å². The standard InChI is InChI=1S/C8H10NO4P/c1-7(10)9(14(11,12)13)8-5-3-2-4-6-8/h2-6H,1H3,(H2,11,12,13). The Hall–Kier alpha value is -1.16. The van der Waals surface area contributed by atoms with Crippen molar-refractivity contribution in [2.45, 2.75) is 6.92 Å². The fraction of sp³-hybridized carbons (Fsp3) is 0.125. The molecule has 2 N–H and O–H groups in total. The van der Waals surface area contributed by atoms with Crippen molar-refractivity contribution in [2.75, 3.05) is 4.67 Å². The molecule has 0 aliphatic heterocycles. The molecule has 0 spiro atoms. The van der Waals surface area contributed by atoms with Gasteiger partial charge in [-0.25, -0.2) is 9.24 Å². The second-order valence-electron chi connectivity index (χ2n) is 2.68. The summed E-state index contributed by atoms with van der Waals surface area (Å²) in [5.74, 6) is -0.690. The van der Waals surface area contributed by atoms with Gasteiger partial charge >= 0.3 is 7.75 Å². The van der Waals surface area contributed by atoms with Crippen LogP contribution in [0.15, 0.2) is 30.3 Å². The van der Waals surface area contributed by atoms with Gasteiger partial charge in [-0.2, -0.15) is 0 Å². The van der Waals surface area contributed by atoms with Gasteiger partial charge in [0, 0.05) is 6.92 Å². The summed E-state index contributed by atoms with van der Waals surface area (Å²) in [5.41, 5.74) is 0.188. The number of rotatable bonds is 2. The maximum atomic E-state index is 11.0. The van der Waals surface area contributed by atoms with Crippen molar-refractivity contribution in [1.82, 2.24) is 0 Å². The van der Waals surface area contributed by atoms with E-state index >= 15 is 0 Å². The van der Waals surface area contributed by atoms with Gasteiger partial charge in [0.25, 0.3) is 0 Å². The van der Waals surface area contributed by atoms with E-state index < -0.39 is 13.7 Å². The zero-order valence-corrected chi connectivity index (χ0v) is 8.39. The van der Waals surface area contributed by atoms with Gasteiger partial charge in [0.2, 0.25) is 5.91 Å². The van der Waals surface area contributed by atoms with E-state index in [0.29, 0.717) is 4.67 Å². The summed E-state index contributed by atoms with van der Waals surface area (Å²) in [6, 6.07) is 7.81. The van der Waals surface area contributed by atoms with Crippen LogP contribution in [-0.2, 0) is 9.36 Å². The first-order valence-electron chi connectivity index (χ1n) is 3.84. The highest BCUT2D eigenvalue weighted by atomic mass is 31.2. The van der Waals surface area contributed by atoms with E-state index in [1.807, 2.05) is 0 Å². The fourth-order valence-electron chi connectivity index (χ4n) is 1.08. The van der Waals surface area contributed by atoms with Crippen LogP contribution in [0, 0.1) is 0 Å². The van der Waals surface area contributed by atoms with E-state index in [1.54, 1.807) is 18.2 Å². The molecule has 0 aliphatic rings. The highest BCUT2D eigenvalue weighted by molar-refractivity contribution is 7.54. The number of hydrogen-bond acceptors (Lipinski definition) is 2. The summed E-state index contributed by atoms with van der Waals surface area (Å²) in [6.07, 6.45) is 0. The molecular formula is C8H10NO4P. The van der Waals surface area contributed by atoms with Gasteiger partial charge in [-0.05, 0) is 12.1 Å². The Morgan fingerprint density at radius 2 is 1.79 bits per heavy atom. The second-order valence-corrected chi connectivity index (χ2v) is 4.11. The minimum Gasteiger partial charge on any atom is -0.308 e. The van der Waals surface area contributed by atoms with Crippen molar-refractivity contribution < 1.29 is 19.1 Å². The van der Waals surface area contributed by atoms with Crippen LogP contribution in [0.25, 0.3) is 0 Å². The molecule has 0 aromatic heterocycles. The average Bonchev–Trinajstić information content (AvgIpc) is 2.02. The number of carbonyl (C=O) groups excluding carboxylic acids is 1. The lowest BCUT2D eigenvalue weighted by molar-refractivity contribution is -0.115. The lowest BCUT2D eigenvalue weighted by Gasteiger charge is -2.21. The molecule has 0 unspecified atom stereocenters. The highest BCUT2D eigenvalue weighted by Crippen LogP contribution is 2.43. The predicted octanol–water partition coefficient (Wildman–Crippen LogP) is 1.13. The van der Waals surface area contributed by atoms with Gasteiger partial charge in [-0.15, -0.1) is 0 Å². The first-order chi connectivity index (χ1) is 6.43. The summed E-state index contributed by atoms with van der Waals surface area (Å²) in [4.78, 5) is 28.9. The zero-order valence-electron chi connectivity index (χ0n) is 7.49. The monoisotopic (exact) mass is 215 g/mol. The first-order valence-corrected chi connectivity index (χ1v) is 5.41. The number of anilines is 1. The second kappa shape index (κ2) is 3.92. The van der Waals surface area contributed by atoms with Crippen LogP contribution in [0.2, 0.25) is 0 Å². The van der Waals surface area contributed by atoms with E-state index in [4.69, 9.17) is 9.79 Å². The molecule has 0 saturated heterocycles. The molecule has 0 bridgehead atoms. The fourth-order valence-corrected chi connectivity index (χ4v) is 1.89. The van der Waals surface area contributed by atoms with Crippen molar-refractivity contribution in [2.24, 2.45) is 0 Å². The van der Waals surface area contributed by atoms with Crippen LogP contribution in [-0.4, -0.2) is 15.7 Å². The molecule has 0 fully saturated rings. The molecule has 1 rings (SSSR count). The average molecular weight is 215 g/mol. The molecular weight excluding hydrogens is 205 g/mol. The number of para-hydroxylation sites is 1. The maximum absolute atomic E-state index is 11.0. The van der Waals surface area contributed by atoms with Gasteiger partial charge in [0.15, 0.2) is 0 Å². The number of nitrogens with zero attached hydrogens (tertiary/aromatic N) is 1. The third kappa shape index (κ3) is 2.42. The number of carbonyl (C=O) groups is 1. The lowest BCUT2D eigenvalue weighted by Crippen LogP contribution is -2.24. The molecule has 6 heteroatoms. The molecule has 76 valence electrons. The highest BCUT2D eigenvalue weighted by Gasteiger charge is 2.29. The topological polar surface area (TPSA) is 77.8 Å². The Kier molecular flexibility index (Phi) is 3.06. The molecule has 0 radical (unpaired) electrons. The summed E-state index contributed by atoms with van der Waals surface area (Å²) in [5, 5.41) is 0. The molecule has 1 amide bonds. The Labute approximate surface area is 81.2 Å². The van der Waals surface area contributed by atoms with E-state index in [2.05, 4.69) is 0 Å². The Morgan fingerprint density at radius 3 is 2.14 bits per heavy atom. The van der Waals surface area contributed by atoms with E-state index in [-0.39, 0.29) is 5.69 Å². The molecule has 0 atom stereocenters. The van der Waals surface area contributed by atoms with Crippen LogP contribution in [0.1, 0.15) is 6.92 Å². The molecule has 0 aliphatic carbocycles. The Morgan fingerprint density at radius 1 is 1.29 bits per heavy atom. The zero-order chi connectivity index (χ0) is 10.8. The minimum absolute atomic E-state index is 0.188. The third-order valence-corrected chi connectivity index (χ3v) is 2.59. The van der Waals surface area contributed by atoms with Crippen LogP contribution in [0.5, 0.6) is 0 Å². The van der Waals surface area contributed by atoms with Crippen molar-refractivity contribution in [3.63, 3.8) is 0 Å². The number of hydrogen-bond donors (Lipinski definition) is 2. The third-order valence-electron chi connectivity index (χ3n) is 1.56. The lowest BCUT2D eigenvalue weighted by atomic mass is 10.3. The van der Waals surface area contributed by atoms with Gasteiger partial charge < -0.3 is 9.79 Å². The van der Waals surface area contributed by atoms with E-state index in [9.17, 15) is 9.36 Å². The van der Waals surface area contributed by atoms with Crippen LogP contribution in [0.4, 0.5) is 5.69 Å². The first kappa shape index (κ1) is 10.9. The molecule has 1 aromatic rings. The van der Waals surface area contributed by atoms with Crippen molar-refractivity contribution in [3.05, 3.63) is 30.3 Å². The van der Waals surface area contributed by atoms with Crippen molar-refractivity contribution in [3.8, 4) is 0 Å². The van der Waals surface area contributed by atoms with Crippen molar-refractivity contribution >= 4 is 19.3 Å². The largest absolute Gasteiger partial charge is 0.436 e. The van der Waals surface area contributed by atoms with Gasteiger partial charge in [-0.3, -0.25) is 4.79 Å². The minimum atomic E-state index is -4.57. The summed E-state index contributed by atoms with van der Waals surface area (Å²) >= 11 is 0. The quantitative estimate of drug-likeness (QED) is 0.725. The summed E-state index contributed by atoms with van der Waals surface area (Å²) in [7, 11) is -4.57. The molecule has 1 aromatic carbocycles. The normalized spacial score (nSPS) is 11.1. The van der Waals surface area contributed by atoms with Crippen LogP contribution in [0.3, 0.4) is 0 Å². The Balaban J connectivity index is 3.15. The van der Waals surface area contributed by atoms with E-state index in [1.165, 1.54) is 12.1 Å².